The molecule has 0 atom stereocenters. The molecule has 0 fully saturated rings. The largest absolute Gasteiger partial charge is 0.465 e. The summed E-state index contributed by atoms with van der Waals surface area (Å²) in [6.45, 7) is 4.88. The summed E-state index contributed by atoms with van der Waals surface area (Å²) in [4.78, 5) is 10.3. The molecule has 0 saturated heterocycles. The van der Waals surface area contributed by atoms with Gasteiger partial charge in [0.25, 0.3) is 5.95 Å². The van der Waals surface area contributed by atoms with Crippen molar-refractivity contribution < 1.29 is 13.9 Å². The van der Waals surface area contributed by atoms with Gasteiger partial charge in [-0.15, -0.1) is 0 Å². The number of carbonyl (C=O) groups is 1. The Balaban J connectivity index is 2.32. The van der Waals surface area contributed by atoms with Crippen molar-refractivity contribution in [3.8, 4) is 5.95 Å². The van der Waals surface area contributed by atoms with Crippen molar-refractivity contribution >= 4 is 6.29 Å². The predicted octanol–water partition coefficient (Wildman–Crippen LogP) is 2.52. The van der Waals surface area contributed by atoms with E-state index in [1.165, 1.54) is 0 Å². The topological polar surface area (TPSA) is 39.4 Å². The van der Waals surface area contributed by atoms with Crippen LogP contribution in [0.1, 0.15) is 30.8 Å². The van der Waals surface area contributed by atoms with E-state index in [-0.39, 0.29) is 0 Å². The van der Waals surface area contributed by atoms with Crippen molar-refractivity contribution in [2.45, 2.75) is 20.3 Å². The molecule has 0 aliphatic heterocycles. The minimum atomic E-state index is 0.305. The molecule has 3 nitrogen and oxygen atoms in total. The minimum absolute atomic E-state index is 0.305. The van der Waals surface area contributed by atoms with Crippen molar-refractivity contribution in [1.82, 2.24) is 0 Å². The van der Waals surface area contributed by atoms with Crippen LogP contribution in [0.25, 0.3) is 0 Å². The first-order valence-corrected chi connectivity index (χ1v) is 4.40. The Kier molecular flexibility index (Phi) is 3.55. The number of furan rings is 1. The Hall–Kier alpha value is -1.25. The maximum atomic E-state index is 10.3. The Morgan fingerprint density at radius 2 is 2.31 bits per heavy atom. The van der Waals surface area contributed by atoms with E-state index in [2.05, 4.69) is 13.8 Å². The number of hydrogen-bond donors (Lipinski definition) is 0. The average molecular weight is 182 g/mol. The molecule has 72 valence electrons. The summed E-state index contributed by atoms with van der Waals surface area (Å²) in [5.41, 5.74) is 0. The number of rotatable bonds is 5. The van der Waals surface area contributed by atoms with Crippen LogP contribution in [0.4, 0.5) is 0 Å². The Bertz CT molecular complexity index is 263. The van der Waals surface area contributed by atoms with Crippen molar-refractivity contribution in [3.05, 3.63) is 17.9 Å². The highest BCUT2D eigenvalue weighted by Crippen LogP contribution is 2.15. The molecule has 1 aromatic heterocycles. The van der Waals surface area contributed by atoms with E-state index in [9.17, 15) is 4.79 Å². The molecule has 1 rings (SSSR count). The second-order valence-corrected chi connectivity index (χ2v) is 3.31. The van der Waals surface area contributed by atoms with Gasteiger partial charge in [-0.3, -0.25) is 4.79 Å². The monoisotopic (exact) mass is 182 g/mol. The van der Waals surface area contributed by atoms with Gasteiger partial charge in [-0.1, -0.05) is 13.8 Å². The molecule has 1 aromatic rings. The summed E-state index contributed by atoms with van der Waals surface area (Å²) in [7, 11) is 0. The Morgan fingerprint density at radius 3 is 2.85 bits per heavy atom. The maximum Gasteiger partial charge on any atom is 0.284 e. The molecule has 13 heavy (non-hydrogen) atoms. The van der Waals surface area contributed by atoms with Crippen molar-refractivity contribution in [2.75, 3.05) is 6.61 Å². The number of hydrogen-bond acceptors (Lipinski definition) is 3. The van der Waals surface area contributed by atoms with E-state index < -0.39 is 0 Å². The Labute approximate surface area is 77.7 Å². The van der Waals surface area contributed by atoms with Gasteiger partial charge in [0.1, 0.15) is 0 Å². The van der Waals surface area contributed by atoms with Crippen LogP contribution >= 0.6 is 0 Å². The number of ether oxygens (including phenoxy) is 1. The smallest absolute Gasteiger partial charge is 0.284 e. The third-order valence-corrected chi connectivity index (χ3v) is 1.66. The highest BCUT2D eigenvalue weighted by molar-refractivity contribution is 5.70. The summed E-state index contributed by atoms with van der Waals surface area (Å²) in [5, 5.41) is 0. The summed E-state index contributed by atoms with van der Waals surface area (Å²) in [6.07, 6.45) is 1.65. The van der Waals surface area contributed by atoms with Crippen LogP contribution in [0.3, 0.4) is 0 Å². The highest BCUT2D eigenvalue weighted by atomic mass is 16.6. The van der Waals surface area contributed by atoms with Crippen LogP contribution in [0.5, 0.6) is 5.95 Å². The van der Waals surface area contributed by atoms with Crippen LogP contribution in [-0.2, 0) is 0 Å². The van der Waals surface area contributed by atoms with Crippen molar-refractivity contribution in [3.63, 3.8) is 0 Å². The summed E-state index contributed by atoms with van der Waals surface area (Å²) in [5.74, 6) is 1.34. The quantitative estimate of drug-likeness (QED) is 0.657. The molecule has 3 heteroatoms. The SMILES string of the molecule is CC(C)CCOc1ccc(C=O)o1. The minimum Gasteiger partial charge on any atom is -0.465 e. The van der Waals surface area contributed by atoms with Crippen molar-refractivity contribution in [2.24, 2.45) is 5.92 Å². The fourth-order valence-corrected chi connectivity index (χ4v) is 0.871. The van der Waals surface area contributed by atoms with Crippen LogP contribution < -0.4 is 4.74 Å². The standard InChI is InChI=1S/C10H14O3/c1-8(2)5-6-12-10-4-3-9(7-11)13-10/h3-4,7-8H,5-6H2,1-2H3. The number of aldehydes is 1. The first kappa shape index (κ1) is 9.84. The zero-order valence-electron chi connectivity index (χ0n) is 7.95. The van der Waals surface area contributed by atoms with Gasteiger partial charge in [0.05, 0.1) is 6.61 Å². The summed E-state index contributed by atoms with van der Waals surface area (Å²) in [6, 6.07) is 3.25. The lowest BCUT2D eigenvalue weighted by atomic mass is 10.1. The first-order chi connectivity index (χ1) is 6.22. The van der Waals surface area contributed by atoms with Gasteiger partial charge in [0.2, 0.25) is 0 Å². The molecule has 0 aliphatic carbocycles. The van der Waals surface area contributed by atoms with E-state index >= 15 is 0 Å². The molecule has 0 spiro atoms. The molecule has 0 bridgehead atoms. The van der Waals surface area contributed by atoms with Gasteiger partial charge in [0, 0.05) is 6.07 Å². The third kappa shape index (κ3) is 3.32. The van der Waals surface area contributed by atoms with Crippen molar-refractivity contribution in [1.29, 1.82) is 0 Å². The predicted molar refractivity (Wildman–Crippen MR) is 49.0 cm³/mol. The van der Waals surface area contributed by atoms with Gasteiger partial charge in [-0.25, -0.2) is 0 Å². The highest BCUT2D eigenvalue weighted by Gasteiger charge is 2.01. The molecule has 0 saturated carbocycles. The van der Waals surface area contributed by atoms with Gasteiger partial charge >= 0.3 is 0 Å². The van der Waals surface area contributed by atoms with Gasteiger partial charge in [0.15, 0.2) is 12.0 Å². The van der Waals surface area contributed by atoms with Crippen LogP contribution in [0.15, 0.2) is 16.5 Å². The zero-order chi connectivity index (χ0) is 9.68. The molecular formula is C10H14O3. The second kappa shape index (κ2) is 4.70. The van der Waals surface area contributed by atoms with E-state index in [4.69, 9.17) is 9.15 Å². The number of carbonyl (C=O) groups excluding carboxylic acids is 1. The van der Waals surface area contributed by atoms with E-state index in [1.54, 1.807) is 12.1 Å². The Morgan fingerprint density at radius 1 is 1.54 bits per heavy atom. The fraction of sp³-hybridized carbons (Fsp3) is 0.500. The maximum absolute atomic E-state index is 10.3. The normalized spacial score (nSPS) is 10.4. The lowest BCUT2D eigenvalue weighted by Crippen LogP contribution is -2.00. The molecular weight excluding hydrogens is 168 g/mol. The van der Waals surface area contributed by atoms with Crippen LogP contribution in [0, 0.1) is 5.92 Å². The molecule has 0 N–H and O–H groups in total. The van der Waals surface area contributed by atoms with E-state index in [1.807, 2.05) is 0 Å². The fourth-order valence-electron chi connectivity index (χ4n) is 0.871. The second-order valence-electron chi connectivity index (χ2n) is 3.31. The third-order valence-electron chi connectivity index (χ3n) is 1.66. The summed E-state index contributed by atoms with van der Waals surface area (Å²) < 4.78 is 10.3. The van der Waals surface area contributed by atoms with Crippen LogP contribution in [-0.4, -0.2) is 12.9 Å². The lowest BCUT2D eigenvalue weighted by Gasteiger charge is -2.04. The molecule has 0 unspecified atom stereocenters. The molecule has 0 aliphatic rings. The van der Waals surface area contributed by atoms with Gasteiger partial charge < -0.3 is 9.15 Å². The van der Waals surface area contributed by atoms with Gasteiger partial charge in [-0.05, 0) is 18.4 Å². The van der Waals surface area contributed by atoms with E-state index in [0.717, 1.165) is 6.42 Å². The molecule has 0 amide bonds. The molecule has 0 aromatic carbocycles. The molecule has 0 radical (unpaired) electrons. The van der Waals surface area contributed by atoms with E-state index in [0.29, 0.717) is 30.5 Å². The zero-order valence-corrected chi connectivity index (χ0v) is 7.95. The average Bonchev–Trinajstić information content (AvgIpc) is 2.52. The first-order valence-electron chi connectivity index (χ1n) is 4.40. The lowest BCUT2D eigenvalue weighted by molar-refractivity contribution is 0.109. The summed E-state index contributed by atoms with van der Waals surface area (Å²) >= 11 is 0. The van der Waals surface area contributed by atoms with Gasteiger partial charge in [-0.2, -0.15) is 0 Å². The molecule has 1 heterocycles. The van der Waals surface area contributed by atoms with Crippen LogP contribution in [0.2, 0.25) is 0 Å².